The van der Waals surface area contributed by atoms with Crippen LogP contribution in [0, 0.1) is 0 Å². The number of aliphatic hydroxyl groups excluding tert-OH is 1. The van der Waals surface area contributed by atoms with E-state index in [0.717, 1.165) is 22.9 Å². The zero-order valence-corrected chi connectivity index (χ0v) is 14.3. The molecule has 0 aromatic heterocycles. The standard InChI is InChI=1S/C18H23NO3S/c1-21-16-5-3-14(4-6-16)11-19-12-15(20)13-23-18-9-7-17(22-2)8-10-18/h3-10,15,19-20H,11-13H2,1-2H3. The van der Waals surface area contributed by atoms with Crippen LogP contribution in [0.2, 0.25) is 0 Å². The Bertz CT molecular complexity index is 572. The van der Waals surface area contributed by atoms with Crippen molar-refractivity contribution in [3.63, 3.8) is 0 Å². The van der Waals surface area contributed by atoms with E-state index >= 15 is 0 Å². The first-order valence-corrected chi connectivity index (χ1v) is 8.48. The molecule has 0 aliphatic carbocycles. The van der Waals surface area contributed by atoms with Gasteiger partial charge in [-0.3, -0.25) is 0 Å². The smallest absolute Gasteiger partial charge is 0.118 e. The van der Waals surface area contributed by atoms with Gasteiger partial charge >= 0.3 is 0 Å². The van der Waals surface area contributed by atoms with Crippen molar-refractivity contribution in [2.45, 2.75) is 17.5 Å². The molecule has 5 heteroatoms. The summed E-state index contributed by atoms with van der Waals surface area (Å²) in [7, 11) is 3.31. The molecule has 0 amide bonds. The number of hydrogen-bond acceptors (Lipinski definition) is 5. The van der Waals surface area contributed by atoms with Crippen molar-refractivity contribution in [2.75, 3.05) is 26.5 Å². The fourth-order valence-electron chi connectivity index (χ4n) is 2.05. The van der Waals surface area contributed by atoms with Crippen LogP contribution in [0.15, 0.2) is 53.4 Å². The van der Waals surface area contributed by atoms with Gasteiger partial charge in [-0.1, -0.05) is 12.1 Å². The molecule has 2 aromatic rings. The monoisotopic (exact) mass is 333 g/mol. The van der Waals surface area contributed by atoms with E-state index in [0.29, 0.717) is 12.3 Å². The number of benzene rings is 2. The van der Waals surface area contributed by atoms with Crippen molar-refractivity contribution in [3.8, 4) is 11.5 Å². The maximum absolute atomic E-state index is 10.0. The lowest BCUT2D eigenvalue weighted by molar-refractivity contribution is 0.195. The minimum atomic E-state index is -0.389. The van der Waals surface area contributed by atoms with Crippen LogP contribution < -0.4 is 14.8 Å². The van der Waals surface area contributed by atoms with Crippen LogP contribution in [0.5, 0.6) is 11.5 Å². The van der Waals surface area contributed by atoms with Crippen molar-refractivity contribution in [1.29, 1.82) is 0 Å². The highest BCUT2D eigenvalue weighted by atomic mass is 32.2. The first-order valence-electron chi connectivity index (χ1n) is 7.50. The molecule has 4 nitrogen and oxygen atoms in total. The molecule has 2 rings (SSSR count). The van der Waals surface area contributed by atoms with Gasteiger partial charge in [0.2, 0.25) is 0 Å². The molecule has 23 heavy (non-hydrogen) atoms. The van der Waals surface area contributed by atoms with Gasteiger partial charge in [0.1, 0.15) is 11.5 Å². The molecule has 1 unspecified atom stereocenters. The maximum atomic E-state index is 10.0. The predicted octanol–water partition coefficient (Wildman–Crippen LogP) is 2.95. The molecule has 0 saturated heterocycles. The molecule has 2 aromatic carbocycles. The van der Waals surface area contributed by atoms with Gasteiger partial charge in [0, 0.05) is 23.7 Å². The summed E-state index contributed by atoms with van der Waals surface area (Å²) in [6.45, 7) is 1.30. The zero-order valence-electron chi connectivity index (χ0n) is 13.5. The van der Waals surface area contributed by atoms with Crippen LogP contribution in [-0.4, -0.2) is 37.7 Å². The summed E-state index contributed by atoms with van der Waals surface area (Å²) in [5, 5.41) is 13.3. The third kappa shape index (κ3) is 6.14. The minimum absolute atomic E-state index is 0.389. The second kappa shape index (κ2) is 9.45. The van der Waals surface area contributed by atoms with Crippen LogP contribution in [-0.2, 0) is 6.54 Å². The van der Waals surface area contributed by atoms with E-state index in [-0.39, 0.29) is 6.10 Å². The average Bonchev–Trinajstić information content (AvgIpc) is 2.61. The molecule has 0 aliphatic heterocycles. The molecule has 0 heterocycles. The molecule has 2 N–H and O–H groups in total. The number of nitrogens with one attached hydrogen (secondary N) is 1. The van der Waals surface area contributed by atoms with E-state index in [4.69, 9.17) is 9.47 Å². The normalized spacial score (nSPS) is 12.0. The number of ether oxygens (including phenoxy) is 2. The fraction of sp³-hybridized carbons (Fsp3) is 0.333. The molecule has 1 atom stereocenters. The maximum Gasteiger partial charge on any atom is 0.118 e. The van der Waals surface area contributed by atoms with Gasteiger partial charge < -0.3 is 19.9 Å². The van der Waals surface area contributed by atoms with E-state index in [9.17, 15) is 5.11 Å². The number of thioether (sulfide) groups is 1. The van der Waals surface area contributed by atoms with Crippen molar-refractivity contribution in [1.82, 2.24) is 5.32 Å². The predicted molar refractivity (Wildman–Crippen MR) is 94.4 cm³/mol. The Kier molecular flexibility index (Phi) is 7.26. The Morgan fingerprint density at radius 3 is 2.09 bits per heavy atom. The Labute approximate surface area is 141 Å². The number of rotatable bonds is 9. The largest absolute Gasteiger partial charge is 0.497 e. The molecular weight excluding hydrogens is 310 g/mol. The summed E-state index contributed by atoms with van der Waals surface area (Å²) < 4.78 is 10.3. The van der Waals surface area contributed by atoms with E-state index < -0.39 is 0 Å². The van der Waals surface area contributed by atoms with E-state index in [1.54, 1.807) is 26.0 Å². The van der Waals surface area contributed by atoms with Gasteiger partial charge in [-0.25, -0.2) is 0 Å². The summed E-state index contributed by atoms with van der Waals surface area (Å²) in [5.74, 6) is 2.35. The highest BCUT2D eigenvalue weighted by Crippen LogP contribution is 2.21. The van der Waals surface area contributed by atoms with Gasteiger partial charge in [-0.2, -0.15) is 0 Å². The Morgan fingerprint density at radius 1 is 0.957 bits per heavy atom. The van der Waals surface area contributed by atoms with Crippen LogP contribution in [0.1, 0.15) is 5.56 Å². The molecule has 0 fully saturated rings. The zero-order chi connectivity index (χ0) is 16.5. The SMILES string of the molecule is COc1ccc(CNCC(O)CSc2ccc(OC)cc2)cc1. The topological polar surface area (TPSA) is 50.7 Å². The lowest BCUT2D eigenvalue weighted by Gasteiger charge is -2.12. The lowest BCUT2D eigenvalue weighted by atomic mass is 10.2. The second-order valence-electron chi connectivity index (χ2n) is 5.12. The van der Waals surface area contributed by atoms with Crippen LogP contribution in [0.3, 0.4) is 0 Å². The molecule has 0 radical (unpaired) electrons. The second-order valence-corrected chi connectivity index (χ2v) is 6.21. The first-order chi connectivity index (χ1) is 11.2. The van der Waals surface area contributed by atoms with Crippen molar-refractivity contribution < 1.29 is 14.6 Å². The summed E-state index contributed by atoms with van der Waals surface area (Å²) >= 11 is 1.64. The molecule has 0 saturated carbocycles. The Balaban J connectivity index is 1.66. The average molecular weight is 333 g/mol. The summed E-state index contributed by atoms with van der Waals surface area (Å²) in [5.41, 5.74) is 1.17. The van der Waals surface area contributed by atoms with E-state index in [2.05, 4.69) is 5.32 Å². The van der Waals surface area contributed by atoms with Crippen LogP contribution in [0.4, 0.5) is 0 Å². The van der Waals surface area contributed by atoms with Gasteiger partial charge in [-0.15, -0.1) is 11.8 Å². The Morgan fingerprint density at radius 2 is 1.52 bits per heavy atom. The van der Waals surface area contributed by atoms with Gasteiger partial charge in [0.15, 0.2) is 0 Å². The van der Waals surface area contributed by atoms with E-state index in [1.165, 1.54) is 5.56 Å². The van der Waals surface area contributed by atoms with Crippen molar-refractivity contribution in [2.24, 2.45) is 0 Å². The highest BCUT2D eigenvalue weighted by Gasteiger charge is 2.05. The van der Waals surface area contributed by atoms with Crippen LogP contribution >= 0.6 is 11.8 Å². The number of hydrogen-bond donors (Lipinski definition) is 2. The lowest BCUT2D eigenvalue weighted by Crippen LogP contribution is -2.28. The summed E-state index contributed by atoms with van der Waals surface area (Å²) in [6, 6.07) is 15.8. The summed E-state index contributed by atoms with van der Waals surface area (Å²) in [6.07, 6.45) is -0.389. The van der Waals surface area contributed by atoms with Gasteiger partial charge in [0.05, 0.1) is 20.3 Å². The molecular formula is C18H23NO3S. The van der Waals surface area contributed by atoms with Crippen molar-refractivity contribution in [3.05, 3.63) is 54.1 Å². The Hall–Kier alpha value is -1.69. The number of aliphatic hydroxyl groups is 1. The third-order valence-electron chi connectivity index (χ3n) is 3.37. The fourth-order valence-corrected chi connectivity index (χ4v) is 2.88. The third-order valence-corrected chi connectivity index (χ3v) is 4.53. The van der Waals surface area contributed by atoms with Gasteiger partial charge in [-0.05, 0) is 42.0 Å². The molecule has 0 spiro atoms. The van der Waals surface area contributed by atoms with E-state index in [1.807, 2.05) is 48.5 Å². The van der Waals surface area contributed by atoms with Gasteiger partial charge in [0.25, 0.3) is 0 Å². The molecule has 124 valence electrons. The minimum Gasteiger partial charge on any atom is -0.497 e. The molecule has 0 aliphatic rings. The molecule has 0 bridgehead atoms. The van der Waals surface area contributed by atoms with Crippen molar-refractivity contribution >= 4 is 11.8 Å². The highest BCUT2D eigenvalue weighted by molar-refractivity contribution is 7.99. The first kappa shape index (κ1) is 17.7. The number of methoxy groups -OCH3 is 2. The van der Waals surface area contributed by atoms with Crippen LogP contribution in [0.25, 0.3) is 0 Å². The quantitative estimate of drug-likeness (QED) is 0.691. The summed E-state index contributed by atoms with van der Waals surface area (Å²) in [4.78, 5) is 1.13.